The van der Waals surface area contributed by atoms with Crippen molar-refractivity contribution >= 4 is 26.7 Å². The Labute approximate surface area is 150 Å². The Kier molecular flexibility index (Phi) is 4.22. The first kappa shape index (κ1) is 17.1. The number of fused-ring (bicyclic) bond motifs is 1. The average Bonchev–Trinajstić information content (AvgIpc) is 3.36. The van der Waals surface area contributed by atoms with E-state index in [1.165, 1.54) is 6.07 Å². The molecule has 1 atom stereocenters. The highest BCUT2D eigenvalue weighted by Gasteiger charge is 2.42. The second-order valence-electron chi connectivity index (χ2n) is 6.83. The predicted molar refractivity (Wildman–Crippen MR) is 94.9 cm³/mol. The third-order valence-corrected chi connectivity index (χ3v) is 6.54. The zero-order valence-electron chi connectivity index (χ0n) is 14.1. The van der Waals surface area contributed by atoms with E-state index in [2.05, 4.69) is 0 Å². The summed E-state index contributed by atoms with van der Waals surface area (Å²) in [6.07, 6.45) is 2.30. The lowest BCUT2D eigenvalue weighted by atomic mass is 10.2. The van der Waals surface area contributed by atoms with Crippen LogP contribution in [0.2, 0.25) is 0 Å². The highest BCUT2D eigenvalue weighted by Crippen LogP contribution is 2.32. The monoisotopic (exact) mass is 377 g/mol. The second kappa shape index (κ2) is 6.42. The average molecular weight is 377 g/mol. The molecule has 2 fully saturated rings. The van der Waals surface area contributed by atoms with Gasteiger partial charge >= 0.3 is 5.63 Å². The highest BCUT2D eigenvalue weighted by atomic mass is 32.2. The van der Waals surface area contributed by atoms with Gasteiger partial charge in [-0.1, -0.05) is 0 Å². The first-order valence-corrected chi connectivity index (χ1v) is 10.4. The Morgan fingerprint density at radius 1 is 1.15 bits per heavy atom. The summed E-state index contributed by atoms with van der Waals surface area (Å²) in [5, 5.41) is 0.763. The van der Waals surface area contributed by atoms with E-state index in [1.54, 1.807) is 29.2 Å². The van der Waals surface area contributed by atoms with E-state index in [-0.39, 0.29) is 36.1 Å². The third-order valence-electron chi connectivity index (χ3n) is 4.79. The van der Waals surface area contributed by atoms with Crippen molar-refractivity contribution in [2.24, 2.45) is 0 Å². The van der Waals surface area contributed by atoms with Crippen LogP contribution < -0.4 is 10.4 Å². The lowest BCUT2D eigenvalue weighted by Gasteiger charge is -2.28. The van der Waals surface area contributed by atoms with Crippen LogP contribution in [-0.4, -0.2) is 49.4 Å². The molecule has 1 aliphatic carbocycles. The molecule has 0 bridgehead atoms. The lowest BCUT2D eigenvalue weighted by molar-refractivity contribution is -0.135. The summed E-state index contributed by atoms with van der Waals surface area (Å²) in [6, 6.07) is 7.90. The molecule has 1 saturated carbocycles. The van der Waals surface area contributed by atoms with Gasteiger partial charge < -0.3 is 14.1 Å². The largest absolute Gasteiger partial charge is 0.484 e. The summed E-state index contributed by atoms with van der Waals surface area (Å²) in [5.74, 6) is 0.397. The van der Waals surface area contributed by atoms with Gasteiger partial charge in [-0.15, -0.1) is 0 Å². The van der Waals surface area contributed by atoms with Crippen molar-refractivity contribution in [3.05, 3.63) is 40.8 Å². The SMILES string of the molecule is O=C(COc1ccc2ccc(=O)oc2c1)N(C1CC1)[C@@H]1CCS(=O)(=O)C1. The molecule has 1 aromatic heterocycles. The number of carbonyl (C=O) groups excluding carboxylic acids is 1. The van der Waals surface area contributed by atoms with Gasteiger partial charge in [-0.05, 0) is 37.5 Å². The standard InChI is InChI=1S/C18H19NO6S/c20-17(19(13-3-4-13)14-7-8-26(22,23)11-14)10-24-15-5-1-12-2-6-18(21)25-16(12)9-15/h1-2,5-6,9,13-14H,3-4,7-8,10-11H2/t14-/m1/s1. The van der Waals surface area contributed by atoms with E-state index in [9.17, 15) is 18.0 Å². The molecule has 26 heavy (non-hydrogen) atoms. The predicted octanol–water partition coefficient (Wildman–Crippen LogP) is 1.35. The molecule has 2 heterocycles. The van der Waals surface area contributed by atoms with Crippen LogP contribution in [0.25, 0.3) is 11.0 Å². The minimum absolute atomic E-state index is 0.0381. The first-order valence-electron chi connectivity index (χ1n) is 8.60. The van der Waals surface area contributed by atoms with E-state index in [0.717, 1.165) is 18.2 Å². The molecule has 7 nitrogen and oxygen atoms in total. The number of carbonyl (C=O) groups is 1. The van der Waals surface area contributed by atoms with E-state index in [0.29, 0.717) is 17.8 Å². The van der Waals surface area contributed by atoms with Crippen LogP contribution in [0.1, 0.15) is 19.3 Å². The van der Waals surface area contributed by atoms with Gasteiger partial charge in [-0.25, -0.2) is 13.2 Å². The second-order valence-corrected chi connectivity index (χ2v) is 9.06. The molecule has 0 radical (unpaired) electrons. The lowest BCUT2D eigenvalue weighted by Crippen LogP contribution is -2.45. The van der Waals surface area contributed by atoms with Gasteiger partial charge in [-0.3, -0.25) is 4.79 Å². The topological polar surface area (TPSA) is 93.9 Å². The minimum Gasteiger partial charge on any atom is -0.484 e. The van der Waals surface area contributed by atoms with E-state index in [1.807, 2.05) is 0 Å². The van der Waals surface area contributed by atoms with Crippen molar-refractivity contribution in [2.45, 2.75) is 31.3 Å². The first-order chi connectivity index (χ1) is 12.4. The molecule has 1 amide bonds. The van der Waals surface area contributed by atoms with Crippen LogP contribution in [0.3, 0.4) is 0 Å². The van der Waals surface area contributed by atoms with Crippen molar-refractivity contribution in [1.82, 2.24) is 4.90 Å². The van der Waals surface area contributed by atoms with Crippen LogP contribution in [0.15, 0.2) is 39.5 Å². The molecule has 0 N–H and O–H groups in total. The summed E-state index contributed by atoms with van der Waals surface area (Å²) in [6.45, 7) is -0.171. The fourth-order valence-corrected chi connectivity index (χ4v) is 5.11. The Hall–Kier alpha value is -2.35. The van der Waals surface area contributed by atoms with Crippen LogP contribution in [0, 0.1) is 0 Å². The summed E-state index contributed by atoms with van der Waals surface area (Å²) in [5.41, 5.74) is -0.0588. The Morgan fingerprint density at radius 3 is 2.62 bits per heavy atom. The number of amides is 1. The molecule has 0 spiro atoms. The van der Waals surface area contributed by atoms with Crippen LogP contribution in [-0.2, 0) is 14.6 Å². The molecule has 2 aromatic rings. The molecule has 138 valence electrons. The van der Waals surface area contributed by atoms with Crippen LogP contribution >= 0.6 is 0 Å². The van der Waals surface area contributed by atoms with Gasteiger partial charge in [0.1, 0.15) is 11.3 Å². The summed E-state index contributed by atoms with van der Waals surface area (Å²) >= 11 is 0. The Bertz CT molecular complexity index is 1010. The fourth-order valence-electron chi connectivity index (χ4n) is 3.40. The highest BCUT2D eigenvalue weighted by molar-refractivity contribution is 7.91. The van der Waals surface area contributed by atoms with Crippen molar-refractivity contribution in [3.8, 4) is 5.75 Å². The van der Waals surface area contributed by atoms with Gasteiger partial charge in [0.2, 0.25) is 0 Å². The maximum atomic E-state index is 12.6. The number of ether oxygens (including phenoxy) is 1. The molecule has 1 aromatic carbocycles. The summed E-state index contributed by atoms with van der Waals surface area (Å²) in [4.78, 5) is 25.7. The van der Waals surface area contributed by atoms with Crippen molar-refractivity contribution < 1.29 is 22.4 Å². The molecule has 0 unspecified atom stereocenters. The van der Waals surface area contributed by atoms with Gasteiger partial charge in [0, 0.05) is 29.6 Å². The third kappa shape index (κ3) is 3.60. The van der Waals surface area contributed by atoms with E-state index in [4.69, 9.17) is 9.15 Å². The number of rotatable bonds is 5. The molecule has 1 saturated heterocycles. The molecule has 4 rings (SSSR count). The molecule has 1 aliphatic heterocycles. The maximum Gasteiger partial charge on any atom is 0.336 e. The molecule has 2 aliphatic rings. The van der Waals surface area contributed by atoms with E-state index >= 15 is 0 Å². The van der Waals surface area contributed by atoms with Gasteiger partial charge in [0.25, 0.3) is 5.91 Å². The Morgan fingerprint density at radius 2 is 1.92 bits per heavy atom. The number of benzene rings is 1. The number of hydrogen-bond donors (Lipinski definition) is 0. The van der Waals surface area contributed by atoms with Gasteiger partial charge in [0.15, 0.2) is 16.4 Å². The Balaban J connectivity index is 1.46. The summed E-state index contributed by atoms with van der Waals surface area (Å²) < 4.78 is 34.2. The number of sulfone groups is 1. The maximum absolute atomic E-state index is 12.6. The fraction of sp³-hybridized carbons (Fsp3) is 0.444. The number of nitrogens with zero attached hydrogens (tertiary/aromatic N) is 1. The van der Waals surface area contributed by atoms with Crippen molar-refractivity contribution in [3.63, 3.8) is 0 Å². The summed E-state index contributed by atoms with van der Waals surface area (Å²) in [7, 11) is -3.05. The van der Waals surface area contributed by atoms with Crippen LogP contribution in [0.4, 0.5) is 0 Å². The zero-order chi connectivity index (χ0) is 18.3. The van der Waals surface area contributed by atoms with E-state index < -0.39 is 15.5 Å². The number of hydrogen-bond acceptors (Lipinski definition) is 6. The minimum atomic E-state index is -3.05. The molecular formula is C18H19NO6S. The van der Waals surface area contributed by atoms with Crippen molar-refractivity contribution in [1.29, 1.82) is 0 Å². The molecular weight excluding hydrogens is 358 g/mol. The van der Waals surface area contributed by atoms with Crippen LogP contribution in [0.5, 0.6) is 5.75 Å². The quantitative estimate of drug-likeness (QED) is 0.730. The smallest absolute Gasteiger partial charge is 0.336 e. The zero-order valence-corrected chi connectivity index (χ0v) is 14.9. The normalized spacial score (nSPS) is 21.6. The van der Waals surface area contributed by atoms with Gasteiger partial charge in [-0.2, -0.15) is 0 Å². The van der Waals surface area contributed by atoms with Crippen molar-refractivity contribution in [2.75, 3.05) is 18.1 Å². The van der Waals surface area contributed by atoms with Gasteiger partial charge in [0.05, 0.1) is 11.5 Å². The molecule has 8 heteroatoms.